The summed E-state index contributed by atoms with van der Waals surface area (Å²) in [6.07, 6.45) is 0. The number of nitrogens with one attached hydrogen (secondary N) is 1. The van der Waals surface area contributed by atoms with E-state index in [0.29, 0.717) is 0 Å². The lowest BCUT2D eigenvalue weighted by molar-refractivity contribution is -0.130. The Morgan fingerprint density at radius 1 is 1.33 bits per heavy atom. The van der Waals surface area contributed by atoms with E-state index in [2.05, 4.69) is 5.32 Å². The predicted octanol–water partition coefficient (Wildman–Crippen LogP) is 1.74. The van der Waals surface area contributed by atoms with Gasteiger partial charge in [0, 0.05) is 31.1 Å². The van der Waals surface area contributed by atoms with Crippen molar-refractivity contribution in [1.29, 1.82) is 0 Å². The number of rotatable bonds is 3. The largest absolute Gasteiger partial charge is 0.339 e. The lowest BCUT2D eigenvalue weighted by Crippen LogP contribution is -2.48. The van der Waals surface area contributed by atoms with E-state index in [1.807, 2.05) is 11.8 Å². The maximum absolute atomic E-state index is 12.8. The van der Waals surface area contributed by atoms with Crippen molar-refractivity contribution >= 4 is 17.7 Å². The van der Waals surface area contributed by atoms with Crippen molar-refractivity contribution in [2.75, 3.05) is 26.2 Å². The summed E-state index contributed by atoms with van der Waals surface area (Å²) < 4.78 is 12.8. The molecule has 0 radical (unpaired) electrons. The van der Waals surface area contributed by atoms with Crippen LogP contribution in [0.2, 0.25) is 0 Å². The molecule has 1 saturated heterocycles. The van der Waals surface area contributed by atoms with Gasteiger partial charge in [-0.3, -0.25) is 4.79 Å². The van der Waals surface area contributed by atoms with E-state index in [1.165, 1.54) is 23.9 Å². The Labute approximate surface area is 111 Å². The molecule has 1 amide bonds. The van der Waals surface area contributed by atoms with Crippen LogP contribution in [0.15, 0.2) is 29.2 Å². The van der Waals surface area contributed by atoms with Gasteiger partial charge >= 0.3 is 0 Å². The van der Waals surface area contributed by atoms with E-state index in [-0.39, 0.29) is 17.0 Å². The van der Waals surface area contributed by atoms with E-state index in [0.717, 1.165) is 31.1 Å². The van der Waals surface area contributed by atoms with Crippen LogP contribution in [0.1, 0.15) is 6.92 Å². The van der Waals surface area contributed by atoms with Crippen molar-refractivity contribution < 1.29 is 9.18 Å². The number of thioether (sulfide) groups is 1. The highest BCUT2D eigenvalue weighted by molar-refractivity contribution is 8.00. The van der Waals surface area contributed by atoms with Crippen LogP contribution in [0.5, 0.6) is 0 Å². The number of piperazine rings is 1. The van der Waals surface area contributed by atoms with Crippen LogP contribution in [0.3, 0.4) is 0 Å². The maximum Gasteiger partial charge on any atom is 0.235 e. The SMILES string of the molecule is CC(Sc1ccc(F)cc1)C(=O)N1CCNCC1. The van der Waals surface area contributed by atoms with E-state index < -0.39 is 0 Å². The van der Waals surface area contributed by atoms with Gasteiger partial charge in [0.2, 0.25) is 5.91 Å². The van der Waals surface area contributed by atoms with E-state index >= 15 is 0 Å². The summed E-state index contributed by atoms with van der Waals surface area (Å²) in [4.78, 5) is 15.0. The van der Waals surface area contributed by atoms with Crippen LogP contribution in [0, 0.1) is 5.82 Å². The molecule has 1 N–H and O–H groups in total. The molecule has 1 fully saturated rings. The first-order chi connectivity index (χ1) is 8.66. The normalized spacial score (nSPS) is 17.6. The number of hydrogen-bond acceptors (Lipinski definition) is 3. The highest BCUT2D eigenvalue weighted by atomic mass is 32.2. The monoisotopic (exact) mass is 268 g/mol. The van der Waals surface area contributed by atoms with Gasteiger partial charge in [-0.25, -0.2) is 4.39 Å². The third kappa shape index (κ3) is 3.46. The Hall–Kier alpha value is -1.07. The van der Waals surface area contributed by atoms with E-state index in [4.69, 9.17) is 0 Å². The molecule has 18 heavy (non-hydrogen) atoms. The molecule has 3 nitrogen and oxygen atoms in total. The Morgan fingerprint density at radius 2 is 1.94 bits per heavy atom. The zero-order valence-corrected chi connectivity index (χ0v) is 11.2. The van der Waals surface area contributed by atoms with Crippen LogP contribution in [-0.4, -0.2) is 42.2 Å². The number of nitrogens with zero attached hydrogens (tertiary/aromatic N) is 1. The molecule has 1 aromatic rings. The average molecular weight is 268 g/mol. The molecule has 1 aromatic carbocycles. The molecule has 1 heterocycles. The van der Waals surface area contributed by atoms with Gasteiger partial charge < -0.3 is 10.2 Å². The van der Waals surface area contributed by atoms with Crippen molar-refractivity contribution in [3.63, 3.8) is 0 Å². The lowest BCUT2D eigenvalue weighted by atomic mass is 10.3. The fourth-order valence-corrected chi connectivity index (χ4v) is 2.86. The molecule has 0 aliphatic carbocycles. The third-order valence-corrected chi connectivity index (χ3v) is 4.00. The minimum atomic E-state index is -0.250. The van der Waals surface area contributed by atoms with Gasteiger partial charge in [0.25, 0.3) is 0 Å². The molecule has 1 unspecified atom stereocenters. The third-order valence-electron chi connectivity index (χ3n) is 2.90. The zero-order valence-electron chi connectivity index (χ0n) is 10.4. The topological polar surface area (TPSA) is 32.3 Å². The van der Waals surface area contributed by atoms with Gasteiger partial charge in [0.15, 0.2) is 0 Å². The molecule has 0 bridgehead atoms. The Balaban J connectivity index is 1.92. The summed E-state index contributed by atoms with van der Waals surface area (Å²) in [5, 5.41) is 3.09. The standard InChI is InChI=1S/C13H17FN2OS/c1-10(13(17)16-8-6-15-7-9-16)18-12-4-2-11(14)3-5-12/h2-5,10,15H,6-9H2,1H3. The van der Waals surface area contributed by atoms with Crippen LogP contribution >= 0.6 is 11.8 Å². The van der Waals surface area contributed by atoms with Crippen molar-refractivity contribution in [3.05, 3.63) is 30.1 Å². The van der Waals surface area contributed by atoms with Crippen LogP contribution in [0.4, 0.5) is 4.39 Å². The fourth-order valence-electron chi connectivity index (χ4n) is 1.91. The first-order valence-corrected chi connectivity index (χ1v) is 6.96. The molecular formula is C13H17FN2OS. The summed E-state index contributed by atoms with van der Waals surface area (Å²) in [5.41, 5.74) is 0. The van der Waals surface area contributed by atoms with Gasteiger partial charge in [-0.2, -0.15) is 0 Å². The van der Waals surface area contributed by atoms with Crippen molar-refractivity contribution in [3.8, 4) is 0 Å². The molecule has 2 rings (SSSR count). The second-order valence-electron chi connectivity index (χ2n) is 4.29. The minimum Gasteiger partial charge on any atom is -0.339 e. The first-order valence-electron chi connectivity index (χ1n) is 6.08. The molecular weight excluding hydrogens is 251 g/mol. The smallest absolute Gasteiger partial charge is 0.235 e. The van der Waals surface area contributed by atoms with Gasteiger partial charge in [-0.05, 0) is 31.2 Å². The quantitative estimate of drug-likeness (QED) is 0.848. The van der Waals surface area contributed by atoms with Gasteiger partial charge in [0.05, 0.1) is 5.25 Å². The van der Waals surface area contributed by atoms with Crippen molar-refractivity contribution in [1.82, 2.24) is 10.2 Å². The maximum atomic E-state index is 12.8. The summed E-state index contributed by atoms with van der Waals surface area (Å²) in [6.45, 7) is 5.16. The molecule has 0 spiro atoms. The fraction of sp³-hybridized carbons (Fsp3) is 0.462. The summed E-state index contributed by atoms with van der Waals surface area (Å²) >= 11 is 1.48. The average Bonchev–Trinajstić information content (AvgIpc) is 2.41. The first kappa shape index (κ1) is 13.4. The molecule has 0 saturated carbocycles. The number of benzene rings is 1. The van der Waals surface area contributed by atoms with Crippen LogP contribution in [-0.2, 0) is 4.79 Å². The molecule has 1 atom stereocenters. The molecule has 1 aliphatic rings. The minimum absolute atomic E-state index is 0.131. The lowest BCUT2D eigenvalue weighted by Gasteiger charge is -2.29. The number of halogens is 1. The zero-order chi connectivity index (χ0) is 13.0. The van der Waals surface area contributed by atoms with Gasteiger partial charge in [-0.15, -0.1) is 11.8 Å². The van der Waals surface area contributed by atoms with E-state index in [1.54, 1.807) is 12.1 Å². The second kappa shape index (κ2) is 6.20. The van der Waals surface area contributed by atoms with E-state index in [9.17, 15) is 9.18 Å². The van der Waals surface area contributed by atoms with Gasteiger partial charge in [-0.1, -0.05) is 0 Å². The molecule has 5 heteroatoms. The second-order valence-corrected chi connectivity index (χ2v) is 5.70. The Bertz CT molecular complexity index is 404. The van der Waals surface area contributed by atoms with Crippen molar-refractivity contribution in [2.24, 2.45) is 0 Å². The summed E-state index contributed by atoms with van der Waals surface area (Å²) in [5.74, 6) is -0.0914. The predicted molar refractivity (Wildman–Crippen MR) is 71.2 cm³/mol. The highest BCUT2D eigenvalue weighted by Crippen LogP contribution is 2.24. The summed E-state index contributed by atoms with van der Waals surface area (Å²) in [6, 6.07) is 6.26. The Kier molecular flexibility index (Phi) is 4.60. The summed E-state index contributed by atoms with van der Waals surface area (Å²) in [7, 11) is 0. The van der Waals surface area contributed by atoms with Gasteiger partial charge in [0.1, 0.15) is 5.82 Å². The number of carbonyl (C=O) groups excluding carboxylic acids is 1. The molecule has 1 aliphatic heterocycles. The molecule has 98 valence electrons. The Morgan fingerprint density at radius 3 is 2.56 bits per heavy atom. The number of carbonyl (C=O) groups is 1. The van der Waals surface area contributed by atoms with Crippen LogP contribution < -0.4 is 5.32 Å². The molecule has 0 aromatic heterocycles. The number of amides is 1. The van der Waals surface area contributed by atoms with Crippen LogP contribution in [0.25, 0.3) is 0 Å². The highest BCUT2D eigenvalue weighted by Gasteiger charge is 2.22. The van der Waals surface area contributed by atoms with Crippen molar-refractivity contribution in [2.45, 2.75) is 17.1 Å². The number of hydrogen-bond donors (Lipinski definition) is 1.